The Kier molecular flexibility index (Phi) is 6.39. The molecule has 0 aromatic heterocycles. The van der Waals surface area contributed by atoms with Gasteiger partial charge in [0.2, 0.25) is 5.91 Å². The first-order chi connectivity index (χ1) is 5.95. The Morgan fingerprint density at radius 2 is 1.92 bits per heavy atom. The van der Waals surface area contributed by atoms with Crippen LogP contribution in [0.3, 0.4) is 0 Å². The van der Waals surface area contributed by atoms with Crippen LogP contribution < -0.4 is 5.32 Å². The molecule has 0 unspecified atom stereocenters. The van der Waals surface area contributed by atoms with Crippen molar-refractivity contribution < 1.29 is 4.79 Å². The van der Waals surface area contributed by atoms with E-state index in [4.69, 9.17) is 0 Å². The molecule has 0 bridgehead atoms. The maximum atomic E-state index is 11.2. The number of carbonyl (C=O) groups is 1. The molecule has 1 amide bonds. The molecule has 2 nitrogen and oxygen atoms in total. The van der Waals surface area contributed by atoms with Crippen LogP contribution in [0.25, 0.3) is 0 Å². The van der Waals surface area contributed by atoms with Gasteiger partial charge in [-0.2, -0.15) is 0 Å². The predicted molar refractivity (Wildman–Crippen MR) is 60.1 cm³/mol. The molecule has 0 saturated heterocycles. The number of carbonyl (C=O) groups excluding carboxylic acids is 1. The van der Waals surface area contributed by atoms with E-state index >= 15 is 0 Å². The van der Waals surface area contributed by atoms with Gasteiger partial charge in [-0.3, -0.25) is 4.79 Å². The zero-order chi connectivity index (χ0) is 10.3. The van der Waals surface area contributed by atoms with E-state index in [2.05, 4.69) is 42.0 Å². The summed E-state index contributed by atoms with van der Waals surface area (Å²) in [5, 5.41) is 3.91. The molecule has 0 rings (SSSR count). The van der Waals surface area contributed by atoms with Crippen LogP contribution in [0, 0.1) is 5.41 Å². The van der Waals surface area contributed by atoms with Gasteiger partial charge in [-0.15, -0.1) is 0 Å². The molecule has 1 N–H and O–H groups in total. The Hall–Kier alpha value is -0.0500. The summed E-state index contributed by atoms with van der Waals surface area (Å²) in [6, 6.07) is 0. The summed E-state index contributed by atoms with van der Waals surface area (Å²) in [7, 11) is 0. The molecule has 0 aromatic carbocycles. The van der Waals surface area contributed by atoms with E-state index in [1.807, 2.05) is 0 Å². The zero-order valence-corrected chi connectivity index (χ0v) is 10.4. The molecule has 0 aliphatic rings. The van der Waals surface area contributed by atoms with Gasteiger partial charge in [-0.05, 0) is 18.3 Å². The highest BCUT2D eigenvalue weighted by Crippen LogP contribution is 2.10. The third-order valence-corrected chi connectivity index (χ3v) is 2.16. The van der Waals surface area contributed by atoms with Crippen LogP contribution >= 0.6 is 15.9 Å². The van der Waals surface area contributed by atoms with Crippen molar-refractivity contribution in [3.05, 3.63) is 0 Å². The van der Waals surface area contributed by atoms with Gasteiger partial charge in [0.15, 0.2) is 0 Å². The second-order valence-corrected chi connectivity index (χ2v) is 5.28. The van der Waals surface area contributed by atoms with Gasteiger partial charge >= 0.3 is 0 Å². The quantitative estimate of drug-likeness (QED) is 0.590. The van der Waals surface area contributed by atoms with E-state index in [0.29, 0.717) is 6.42 Å². The second kappa shape index (κ2) is 6.41. The monoisotopic (exact) mass is 249 g/mol. The van der Waals surface area contributed by atoms with Gasteiger partial charge < -0.3 is 5.32 Å². The molecule has 78 valence electrons. The van der Waals surface area contributed by atoms with Crippen molar-refractivity contribution in [1.29, 1.82) is 0 Å². The number of alkyl halides is 1. The van der Waals surface area contributed by atoms with Crippen molar-refractivity contribution in [3.8, 4) is 0 Å². The van der Waals surface area contributed by atoms with Gasteiger partial charge in [-0.1, -0.05) is 36.7 Å². The van der Waals surface area contributed by atoms with Gasteiger partial charge in [0, 0.05) is 18.3 Å². The molecular weight excluding hydrogens is 230 g/mol. The van der Waals surface area contributed by atoms with E-state index in [-0.39, 0.29) is 11.3 Å². The molecule has 0 radical (unpaired) electrons. The lowest BCUT2D eigenvalue weighted by Crippen LogP contribution is -2.32. The number of rotatable bonds is 5. The molecule has 0 saturated carbocycles. The number of unbranched alkanes of at least 4 members (excludes halogenated alkanes) is 1. The van der Waals surface area contributed by atoms with Crippen molar-refractivity contribution in [2.75, 3.05) is 11.9 Å². The summed E-state index contributed by atoms with van der Waals surface area (Å²) in [5.74, 6) is 0.177. The summed E-state index contributed by atoms with van der Waals surface area (Å²) < 4.78 is 0. The average Bonchev–Trinajstić information content (AvgIpc) is 2.00. The summed E-state index contributed by atoms with van der Waals surface area (Å²) in [6.07, 6.45) is 2.70. The number of hydrogen-bond acceptors (Lipinski definition) is 1. The fraction of sp³-hybridized carbons (Fsp3) is 0.900. The fourth-order valence-electron chi connectivity index (χ4n) is 0.832. The molecule has 0 aromatic rings. The van der Waals surface area contributed by atoms with Crippen LogP contribution in [0.2, 0.25) is 0 Å². The van der Waals surface area contributed by atoms with Crippen LogP contribution in [0.4, 0.5) is 0 Å². The third kappa shape index (κ3) is 9.87. The molecule has 0 aliphatic carbocycles. The molecule has 13 heavy (non-hydrogen) atoms. The van der Waals surface area contributed by atoms with E-state index in [1.54, 1.807) is 0 Å². The standard InChI is InChI=1S/C10H20BrNO/c1-10(2,3)8-12-9(13)6-4-5-7-11/h4-8H2,1-3H3,(H,12,13). The minimum atomic E-state index is 0.177. The minimum Gasteiger partial charge on any atom is -0.356 e. The maximum Gasteiger partial charge on any atom is 0.220 e. The third-order valence-electron chi connectivity index (χ3n) is 1.60. The van der Waals surface area contributed by atoms with Crippen molar-refractivity contribution in [3.63, 3.8) is 0 Å². The summed E-state index contributed by atoms with van der Waals surface area (Å²) in [5.41, 5.74) is 0.186. The highest BCUT2D eigenvalue weighted by molar-refractivity contribution is 9.09. The molecule has 0 aliphatic heterocycles. The normalized spacial score (nSPS) is 11.4. The van der Waals surface area contributed by atoms with Crippen LogP contribution in [0.1, 0.15) is 40.0 Å². The number of amides is 1. The lowest BCUT2D eigenvalue weighted by atomic mass is 9.97. The van der Waals surface area contributed by atoms with Crippen LogP contribution in [-0.2, 0) is 4.79 Å². The van der Waals surface area contributed by atoms with Crippen molar-refractivity contribution in [2.24, 2.45) is 5.41 Å². The van der Waals surface area contributed by atoms with Gasteiger partial charge in [0.05, 0.1) is 0 Å². The number of nitrogens with one attached hydrogen (secondary N) is 1. The first kappa shape index (κ1) is 12.9. The smallest absolute Gasteiger partial charge is 0.220 e. The highest BCUT2D eigenvalue weighted by Gasteiger charge is 2.11. The molecular formula is C10H20BrNO. The highest BCUT2D eigenvalue weighted by atomic mass is 79.9. The lowest BCUT2D eigenvalue weighted by Gasteiger charge is -2.18. The molecule has 3 heteroatoms. The van der Waals surface area contributed by atoms with E-state index in [9.17, 15) is 4.79 Å². The SMILES string of the molecule is CC(C)(C)CNC(=O)CCCCBr. The van der Waals surface area contributed by atoms with Crippen molar-refractivity contribution in [2.45, 2.75) is 40.0 Å². The Morgan fingerprint density at radius 3 is 2.38 bits per heavy atom. The fourth-order valence-corrected chi connectivity index (χ4v) is 1.23. The van der Waals surface area contributed by atoms with Gasteiger partial charge in [0.1, 0.15) is 0 Å². The van der Waals surface area contributed by atoms with E-state index in [0.717, 1.165) is 24.7 Å². The summed E-state index contributed by atoms with van der Waals surface area (Å²) >= 11 is 3.34. The topological polar surface area (TPSA) is 29.1 Å². The lowest BCUT2D eigenvalue weighted by molar-refractivity contribution is -0.121. The first-order valence-corrected chi connectivity index (χ1v) is 5.90. The molecule has 0 heterocycles. The Morgan fingerprint density at radius 1 is 1.31 bits per heavy atom. The summed E-state index contributed by atoms with van der Waals surface area (Å²) in [6.45, 7) is 7.11. The Bertz CT molecular complexity index is 151. The van der Waals surface area contributed by atoms with Gasteiger partial charge in [-0.25, -0.2) is 0 Å². The second-order valence-electron chi connectivity index (χ2n) is 4.48. The minimum absolute atomic E-state index is 0.177. The van der Waals surface area contributed by atoms with Crippen LogP contribution in [0.5, 0.6) is 0 Å². The zero-order valence-electron chi connectivity index (χ0n) is 8.82. The molecule has 0 spiro atoms. The van der Waals surface area contributed by atoms with Crippen LogP contribution in [0.15, 0.2) is 0 Å². The van der Waals surface area contributed by atoms with E-state index < -0.39 is 0 Å². The Balaban J connectivity index is 3.41. The van der Waals surface area contributed by atoms with Crippen molar-refractivity contribution >= 4 is 21.8 Å². The number of halogens is 1. The first-order valence-electron chi connectivity index (χ1n) is 4.78. The summed E-state index contributed by atoms with van der Waals surface area (Å²) in [4.78, 5) is 11.2. The van der Waals surface area contributed by atoms with Crippen molar-refractivity contribution in [1.82, 2.24) is 5.32 Å². The predicted octanol–water partition coefficient (Wildman–Crippen LogP) is 2.71. The number of hydrogen-bond donors (Lipinski definition) is 1. The average molecular weight is 250 g/mol. The largest absolute Gasteiger partial charge is 0.356 e. The molecule has 0 fully saturated rings. The Labute approximate surface area is 89.6 Å². The van der Waals surface area contributed by atoms with E-state index in [1.165, 1.54) is 0 Å². The van der Waals surface area contributed by atoms with Crippen LogP contribution in [-0.4, -0.2) is 17.8 Å². The van der Waals surface area contributed by atoms with Gasteiger partial charge in [0.25, 0.3) is 0 Å². The maximum absolute atomic E-state index is 11.2. The molecule has 0 atom stereocenters.